The molecule has 5 aliphatic rings. The van der Waals surface area contributed by atoms with E-state index in [4.69, 9.17) is 0 Å². The third-order valence-corrected chi connectivity index (χ3v) is 13.3. The molecule has 0 bridgehead atoms. The van der Waals surface area contributed by atoms with Gasteiger partial charge in [-0.2, -0.15) is 0 Å². The fraction of sp³-hybridized carbons (Fsp3) is 0.867. The molecule has 0 aliphatic heterocycles. The predicted octanol–water partition coefficient (Wildman–Crippen LogP) is 5.24. The molecule has 35 heavy (non-hydrogen) atoms. The molecule has 4 saturated carbocycles. The molecule has 5 nitrogen and oxygen atoms in total. The van der Waals surface area contributed by atoms with Crippen LogP contribution in [0.25, 0.3) is 0 Å². The van der Waals surface area contributed by atoms with Gasteiger partial charge in [0, 0.05) is 0 Å². The van der Waals surface area contributed by atoms with Crippen molar-refractivity contribution in [3.63, 3.8) is 0 Å². The van der Waals surface area contributed by atoms with Crippen LogP contribution < -0.4 is 0 Å². The van der Waals surface area contributed by atoms with E-state index >= 15 is 0 Å². The highest BCUT2D eigenvalue weighted by molar-refractivity contribution is 5.76. The Balaban J connectivity index is 1.63. The van der Waals surface area contributed by atoms with Gasteiger partial charge in [-0.25, -0.2) is 0 Å². The number of aliphatic carboxylic acids is 1. The molecule has 4 fully saturated rings. The number of carboxylic acids is 1. The number of aliphatic hydroxyl groups is 2. The van der Waals surface area contributed by atoms with Crippen molar-refractivity contribution in [1.29, 1.82) is 0 Å². The zero-order valence-electron chi connectivity index (χ0n) is 22.5. The van der Waals surface area contributed by atoms with Gasteiger partial charge in [-0.3, -0.25) is 4.79 Å². The van der Waals surface area contributed by atoms with Gasteiger partial charge < -0.3 is 20.1 Å². The monoisotopic (exact) mass is 486 g/mol. The van der Waals surface area contributed by atoms with Crippen LogP contribution in [-0.2, 0) is 9.59 Å². The summed E-state index contributed by atoms with van der Waals surface area (Å²) in [6.45, 7) is 13.5. The van der Waals surface area contributed by atoms with Crippen LogP contribution in [-0.4, -0.2) is 39.8 Å². The first-order chi connectivity index (χ1) is 16.2. The number of rotatable bonds is 2. The standard InChI is InChI=1S/C30H46O5/c1-17-9-12-30(25(34)35)14-13-28(5)19(23(30)18(17)2)7-8-22-26(3)15-20(32)24(33)27(4,16-31)21(26)10-11-29(22,28)6/h7,16-18,20-24,32-33H,8-15H2,1-6H3,(H,34,35)/t17-,18+,20-,21-,22-,23+,24+,26+,27+,28-,29-,30+/m1/s1. The largest absolute Gasteiger partial charge is 0.481 e. The van der Waals surface area contributed by atoms with E-state index in [1.165, 1.54) is 5.57 Å². The van der Waals surface area contributed by atoms with Crippen LogP contribution in [0.15, 0.2) is 11.6 Å². The lowest BCUT2D eigenvalue weighted by atomic mass is 9.33. The summed E-state index contributed by atoms with van der Waals surface area (Å²) in [6, 6.07) is 0. The van der Waals surface area contributed by atoms with E-state index in [-0.39, 0.29) is 34.0 Å². The zero-order chi connectivity index (χ0) is 25.8. The van der Waals surface area contributed by atoms with Crippen molar-refractivity contribution in [3.05, 3.63) is 11.6 Å². The highest BCUT2D eigenvalue weighted by atomic mass is 16.4. The first-order valence-corrected chi connectivity index (χ1v) is 14.0. The Bertz CT molecular complexity index is 958. The number of carbonyl (C=O) groups excluding carboxylic acids is 1. The molecule has 0 saturated heterocycles. The Labute approximate surface area is 210 Å². The number of hydrogen-bond acceptors (Lipinski definition) is 4. The van der Waals surface area contributed by atoms with Crippen molar-refractivity contribution in [3.8, 4) is 0 Å². The summed E-state index contributed by atoms with van der Waals surface area (Å²) in [6.07, 6.45) is 7.94. The smallest absolute Gasteiger partial charge is 0.310 e. The van der Waals surface area contributed by atoms with E-state index < -0.39 is 29.0 Å². The van der Waals surface area contributed by atoms with Crippen LogP contribution >= 0.6 is 0 Å². The molecule has 5 heteroatoms. The molecular weight excluding hydrogens is 440 g/mol. The molecule has 0 aromatic rings. The van der Waals surface area contributed by atoms with Gasteiger partial charge in [-0.1, -0.05) is 53.2 Å². The van der Waals surface area contributed by atoms with E-state index in [9.17, 15) is 24.9 Å². The van der Waals surface area contributed by atoms with Gasteiger partial charge in [-0.05, 0) is 97.2 Å². The maximum Gasteiger partial charge on any atom is 0.310 e. The topological polar surface area (TPSA) is 94.8 Å². The molecule has 0 aromatic carbocycles. The van der Waals surface area contributed by atoms with Crippen LogP contribution in [0.2, 0.25) is 0 Å². The second kappa shape index (κ2) is 7.66. The third kappa shape index (κ3) is 2.89. The minimum absolute atomic E-state index is 0.0258. The van der Waals surface area contributed by atoms with Crippen LogP contribution in [0.1, 0.15) is 92.9 Å². The highest BCUT2D eigenvalue weighted by Gasteiger charge is 2.70. The molecule has 0 heterocycles. The quantitative estimate of drug-likeness (QED) is 0.367. The summed E-state index contributed by atoms with van der Waals surface area (Å²) in [4.78, 5) is 25.2. The minimum atomic E-state index is -1.02. The summed E-state index contributed by atoms with van der Waals surface area (Å²) in [5, 5.41) is 32.3. The predicted molar refractivity (Wildman–Crippen MR) is 134 cm³/mol. The molecule has 0 amide bonds. The minimum Gasteiger partial charge on any atom is -0.481 e. The normalized spacial score (nSPS) is 57.6. The average molecular weight is 487 g/mol. The van der Waals surface area contributed by atoms with Gasteiger partial charge in [0.25, 0.3) is 0 Å². The Morgan fingerprint density at radius 2 is 1.69 bits per heavy atom. The zero-order valence-corrected chi connectivity index (χ0v) is 22.5. The summed E-state index contributed by atoms with van der Waals surface area (Å²) >= 11 is 0. The number of allylic oxidation sites excluding steroid dienone is 2. The summed E-state index contributed by atoms with van der Waals surface area (Å²) in [7, 11) is 0. The molecule has 5 rings (SSSR count). The van der Waals surface area contributed by atoms with Crippen molar-refractivity contribution in [2.45, 2.75) is 105 Å². The number of carboxylic acid groups (broad SMARTS) is 1. The van der Waals surface area contributed by atoms with Gasteiger partial charge in [0.2, 0.25) is 0 Å². The number of aldehydes is 1. The maximum absolute atomic E-state index is 12.8. The molecule has 0 radical (unpaired) electrons. The van der Waals surface area contributed by atoms with Crippen LogP contribution in [0.3, 0.4) is 0 Å². The summed E-state index contributed by atoms with van der Waals surface area (Å²) in [5.41, 5.74) is -0.615. The highest BCUT2D eigenvalue weighted by Crippen LogP contribution is 2.75. The molecular formula is C30H46O5. The van der Waals surface area contributed by atoms with Crippen molar-refractivity contribution in [2.24, 2.45) is 56.7 Å². The molecule has 0 spiro atoms. The lowest BCUT2D eigenvalue weighted by Crippen LogP contribution is -2.68. The van der Waals surface area contributed by atoms with Gasteiger partial charge in [-0.15, -0.1) is 0 Å². The van der Waals surface area contributed by atoms with Gasteiger partial charge >= 0.3 is 5.97 Å². The lowest BCUT2D eigenvalue weighted by molar-refractivity contribution is -0.229. The second-order valence-electron chi connectivity index (χ2n) is 14.3. The molecule has 12 atom stereocenters. The van der Waals surface area contributed by atoms with E-state index in [0.29, 0.717) is 18.3 Å². The van der Waals surface area contributed by atoms with E-state index in [1.807, 2.05) is 6.92 Å². The first kappa shape index (κ1) is 25.4. The molecule has 5 aliphatic carbocycles. The Kier molecular flexibility index (Phi) is 5.57. The van der Waals surface area contributed by atoms with E-state index in [2.05, 4.69) is 40.7 Å². The van der Waals surface area contributed by atoms with Crippen molar-refractivity contribution in [1.82, 2.24) is 0 Å². The van der Waals surface area contributed by atoms with Crippen molar-refractivity contribution >= 4 is 12.3 Å². The van der Waals surface area contributed by atoms with Crippen molar-refractivity contribution in [2.75, 3.05) is 0 Å². The third-order valence-electron chi connectivity index (χ3n) is 13.3. The SMILES string of the molecule is C[C@H]1[C@H](C)CC[C@]2(C(=O)O)CC[C@]3(C)C(=CC[C@@H]4[C@@]5(C)C[C@@H](O)[C@H](O)[C@@](C)(C=O)[C@@H]5CC[C@]43C)[C@H]12. The first-order valence-electron chi connectivity index (χ1n) is 14.0. The number of carbonyl (C=O) groups is 2. The van der Waals surface area contributed by atoms with E-state index in [1.54, 1.807) is 0 Å². The van der Waals surface area contributed by atoms with Gasteiger partial charge in [0.1, 0.15) is 6.29 Å². The molecule has 196 valence electrons. The molecule has 0 aromatic heterocycles. The van der Waals surface area contributed by atoms with Gasteiger partial charge in [0.15, 0.2) is 0 Å². The van der Waals surface area contributed by atoms with Crippen LogP contribution in [0, 0.1) is 56.7 Å². The van der Waals surface area contributed by atoms with E-state index in [0.717, 1.165) is 51.2 Å². The second-order valence-corrected chi connectivity index (χ2v) is 14.3. The number of fused-ring (bicyclic) bond motifs is 7. The Morgan fingerprint density at radius 1 is 1.00 bits per heavy atom. The van der Waals surface area contributed by atoms with Crippen molar-refractivity contribution < 1.29 is 24.9 Å². The molecule has 0 unspecified atom stereocenters. The Morgan fingerprint density at radius 3 is 2.31 bits per heavy atom. The fourth-order valence-corrected chi connectivity index (χ4v) is 10.9. The van der Waals surface area contributed by atoms with Gasteiger partial charge in [0.05, 0.1) is 23.0 Å². The maximum atomic E-state index is 12.8. The fourth-order valence-electron chi connectivity index (χ4n) is 10.9. The average Bonchev–Trinajstić information content (AvgIpc) is 2.80. The lowest BCUT2D eigenvalue weighted by Gasteiger charge is -2.71. The number of hydrogen-bond donors (Lipinski definition) is 3. The summed E-state index contributed by atoms with van der Waals surface area (Å²) in [5.74, 6) is 0.610. The molecule has 3 N–H and O–H groups in total. The summed E-state index contributed by atoms with van der Waals surface area (Å²) < 4.78 is 0. The van der Waals surface area contributed by atoms with Crippen LogP contribution in [0.4, 0.5) is 0 Å². The Hall–Kier alpha value is -1.20. The number of aliphatic hydroxyl groups excluding tert-OH is 2. The van der Waals surface area contributed by atoms with Crippen LogP contribution in [0.5, 0.6) is 0 Å².